The number of amides is 1. The summed E-state index contributed by atoms with van der Waals surface area (Å²) in [5, 5.41) is 0. The van der Waals surface area contributed by atoms with E-state index in [0.29, 0.717) is 24.4 Å². The van der Waals surface area contributed by atoms with Gasteiger partial charge in [0, 0.05) is 31.0 Å². The van der Waals surface area contributed by atoms with Gasteiger partial charge in [-0.15, -0.1) is 0 Å². The van der Waals surface area contributed by atoms with Gasteiger partial charge in [0.1, 0.15) is 11.5 Å². The number of aromatic amines is 1. The number of carbonyl (C=O) groups excluding carboxylic acids is 2. The molecule has 2 heterocycles. The number of ketones is 1. The zero-order valence-corrected chi connectivity index (χ0v) is 12.0. The van der Waals surface area contributed by atoms with Crippen LogP contribution in [0.25, 0.3) is 0 Å². The smallest absolute Gasteiger partial charge is 0.270 e. The summed E-state index contributed by atoms with van der Waals surface area (Å²) in [4.78, 5) is 40.5. The number of carbonyl (C=O) groups is 2. The molecule has 1 aromatic rings. The van der Waals surface area contributed by atoms with E-state index in [9.17, 15) is 14.4 Å². The Labute approximate surface area is 123 Å². The minimum atomic E-state index is -0.272. The van der Waals surface area contributed by atoms with Crippen LogP contribution in [0.2, 0.25) is 0 Å². The highest BCUT2D eigenvalue weighted by Gasteiger charge is 2.39. The van der Waals surface area contributed by atoms with Crippen molar-refractivity contribution < 1.29 is 9.59 Å². The van der Waals surface area contributed by atoms with Crippen molar-refractivity contribution in [3.8, 4) is 0 Å². The molecule has 1 aromatic heterocycles. The van der Waals surface area contributed by atoms with Gasteiger partial charge < -0.3 is 9.88 Å². The maximum absolute atomic E-state index is 12.7. The molecule has 2 unspecified atom stereocenters. The number of rotatable bonds is 2. The van der Waals surface area contributed by atoms with Gasteiger partial charge in [0.25, 0.3) is 5.91 Å². The molecule has 1 aliphatic heterocycles. The average Bonchev–Trinajstić information content (AvgIpc) is 2.92. The van der Waals surface area contributed by atoms with Gasteiger partial charge in [-0.2, -0.15) is 0 Å². The first-order valence-corrected chi connectivity index (χ1v) is 7.70. The monoisotopic (exact) mass is 288 g/mol. The van der Waals surface area contributed by atoms with Crippen molar-refractivity contribution in [2.45, 2.75) is 44.6 Å². The van der Waals surface area contributed by atoms with Gasteiger partial charge in [-0.3, -0.25) is 14.4 Å². The average molecular weight is 288 g/mol. The second-order valence-electron chi connectivity index (χ2n) is 5.96. The largest absolute Gasteiger partial charge is 0.334 e. The van der Waals surface area contributed by atoms with Crippen LogP contribution in [0.15, 0.2) is 23.0 Å². The Kier molecular flexibility index (Phi) is 3.90. The summed E-state index contributed by atoms with van der Waals surface area (Å²) in [5.74, 6) is 0.128. The maximum Gasteiger partial charge on any atom is 0.270 e. The van der Waals surface area contributed by atoms with Crippen molar-refractivity contribution in [1.29, 1.82) is 0 Å². The summed E-state index contributed by atoms with van der Waals surface area (Å²) in [6.45, 7) is 0.671. The minimum Gasteiger partial charge on any atom is -0.334 e. The molecule has 1 saturated carbocycles. The Hall–Kier alpha value is -1.91. The molecule has 2 fully saturated rings. The number of aromatic nitrogens is 1. The SMILES string of the molecule is O=C1CCCC1C1CCCCN1C(=O)c1cccc(=O)[nH]1. The highest BCUT2D eigenvalue weighted by molar-refractivity contribution is 5.93. The van der Waals surface area contributed by atoms with Crippen molar-refractivity contribution in [3.63, 3.8) is 0 Å². The Morgan fingerprint density at radius 2 is 2.00 bits per heavy atom. The number of nitrogens with zero attached hydrogens (tertiary/aromatic N) is 1. The lowest BCUT2D eigenvalue weighted by Gasteiger charge is -2.38. The third-order valence-electron chi connectivity index (χ3n) is 4.63. The van der Waals surface area contributed by atoms with Crippen molar-refractivity contribution >= 4 is 11.7 Å². The van der Waals surface area contributed by atoms with E-state index in [0.717, 1.165) is 32.1 Å². The number of Topliss-reactive ketones (excluding diaryl/α,β-unsaturated/α-hetero) is 1. The molecule has 21 heavy (non-hydrogen) atoms. The second-order valence-corrected chi connectivity index (χ2v) is 5.96. The van der Waals surface area contributed by atoms with Gasteiger partial charge in [-0.1, -0.05) is 6.07 Å². The van der Waals surface area contributed by atoms with Crippen molar-refractivity contribution in [3.05, 3.63) is 34.2 Å². The minimum absolute atomic E-state index is 0.00459. The zero-order valence-electron chi connectivity index (χ0n) is 12.0. The lowest BCUT2D eigenvalue weighted by atomic mass is 9.88. The van der Waals surface area contributed by atoms with Crippen LogP contribution in [0.5, 0.6) is 0 Å². The molecule has 0 bridgehead atoms. The third-order valence-corrected chi connectivity index (χ3v) is 4.63. The first-order valence-electron chi connectivity index (χ1n) is 7.70. The van der Waals surface area contributed by atoms with Crippen LogP contribution in [0.4, 0.5) is 0 Å². The first kappa shape index (κ1) is 14.0. The van der Waals surface area contributed by atoms with Crippen molar-refractivity contribution in [2.24, 2.45) is 5.92 Å². The predicted octanol–water partition coefficient (Wildman–Crippen LogP) is 1.74. The molecule has 5 nitrogen and oxygen atoms in total. The summed E-state index contributed by atoms with van der Waals surface area (Å²) in [5.41, 5.74) is 0.0474. The fourth-order valence-corrected chi connectivity index (χ4v) is 3.60. The van der Waals surface area contributed by atoms with E-state index in [4.69, 9.17) is 0 Å². The standard InChI is InChI=1S/C16H20N2O3/c19-14-8-3-5-11(14)13-7-1-2-10-18(13)16(21)12-6-4-9-15(20)17-12/h4,6,9,11,13H,1-3,5,7-8,10H2,(H,17,20). The van der Waals surface area contributed by atoms with Crippen LogP contribution >= 0.6 is 0 Å². The molecule has 0 aromatic carbocycles. The van der Waals surface area contributed by atoms with Gasteiger partial charge in [-0.05, 0) is 38.2 Å². The van der Waals surface area contributed by atoms with E-state index in [1.807, 2.05) is 4.90 Å². The molecule has 2 atom stereocenters. The van der Waals surface area contributed by atoms with Gasteiger partial charge in [0.2, 0.25) is 5.56 Å². The molecular formula is C16H20N2O3. The molecule has 112 valence electrons. The molecule has 1 saturated heterocycles. The van der Waals surface area contributed by atoms with E-state index < -0.39 is 0 Å². The van der Waals surface area contributed by atoms with Crippen LogP contribution in [0.3, 0.4) is 0 Å². The number of pyridine rings is 1. The fourth-order valence-electron chi connectivity index (χ4n) is 3.60. The van der Waals surface area contributed by atoms with Crippen molar-refractivity contribution in [1.82, 2.24) is 9.88 Å². The Morgan fingerprint density at radius 3 is 2.71 bits per heavy atom. The molecule has 0 spiro atoms. The van der Waals surface area contributed by atoms with Crippen LogP contribution in [0, 0.1) is 5.92 Å². The summed E-state index contributed by atoms with van der Waals surface area (Å²) < 4.78 is 0. The molecule has 0 radical (unpaired) electrons. The summed E-state index contributed by atoms with van der Waals surface area (Å²) in [6, 6.07) is 4.62. The molecule has 2 aliphatic rings. The molecule has 1 aliphatic carbocycles. The Morgan fingerprint density at radius 1 is 1.14 bits per heavy atom. The molecule has 1 amide bonds. The second kappa shape index (κ2) is 5.84. The topological polar surface area (TPSA) is 70.2 Å². The number of H-pyrrole nitrogens is 1. The van der Waals surface area contributed by atoms with Crippen molar-refractivity contribution in [2.75, 3.05) is 6.54 Å². The van der Waals surface area contributed by atoms with Gasteiger partial charge in [0.05, 0.1) is 0 Å². The van der Waals surface area contributed by atoms with Gasteiger partial charge >= 0.3 is 0 Å². The Balaban J connectivity index is 1.85. The van der Waals surface area contributed by atoms with E-state index in [1.54, 1.807) is 12.1 Å². The number of hydrogen-bond acceptors (Lipinski definition) is 3. The summed E-state index contributed by atoms with van der Waals surface area (Å²) >= 11 is 0. The van der Waals surface area contributed by atoms with Crippen LogP contribution in [-0.2, 0) is 4.79 Å². The molecule has 5 heteroatoms. The predicted molar refractivity (Wildman–Crippen MR) is 78.1 cm³/mol. The number of piperidine rings is 1. The van der Waals surface area contributed by atoms with Crippen LogP contribution in [-0.4, -0.2) is 34.2 Å². The quantitative estimate of drug-likeness (QED) is 0.901. The number of hydrogen-bond donors (Lipinski definition) is 1. The highest BCUT2D eigenvalue weighted by atomic mass is 16.2. The normalized spacial score (nSPS) is 26.1. The third kappa shape index (κ3) is 2.77. The maximum atomic E-state index is 12.7. The van der Waals surface area contributed by atoms with Gasteiger partial charge in [0.15, 0.2) is 0 Å². The van der Waals surface area contributed by atoms with E-state index in [-0.39, 0.29) is 23.4 Å². The molecular weight excluding hydrogens is 268 g/mol. The Bertz CT molecular complexity index is 608. The zero-order chi connectivity index (χ0) is 14.8. The lowest BCUT2D eigenvalue weighted by Crippen LogP contribution is -2.49. The number of likely N-dealkylation sites (tertiary alicyclic amines) is 1. The fraction of sp³-hybridized carbons (Fsp3) is 0.562. The summed E-state index contributed by atoms with van der Waals surface area (Å²) in [6.07, 6.45) is 5.37. The number of nitrogens with one attached hydrogen (secondary N) is 1. The van der Waals surface area contributed by atoms with E-state index in [2.05, 4.69) is 4.98 Å². The highest BCUT2D eigenvalue weighted by Crippen LogP contribution is 2.33. The van der Waals surface area contributed by atoms with Crippen LogP contribution in [0.1, 0.15) is 49.0 Å². The van der Waals surface area contributed by atoms with Crippen LogP contribution < -0.4 is 5.56 Å². The van der Waals surface area contributed by atoms with E-state index >= 15 is 0 Å². The van der Waals surface area contributed by atoms with Gasteiger partial charge in [-0.25, -0.2) is 0 Å². The first-order chi connectivity index (χ1) is 10.2. The summed E-state index contributed by atoms with van der Waals surface area (Å²) in [7, 11) is 0. The van der Waals surface area contributed by atoms with E-state index in [1.165, 1.54) is 6.07 Å². The molecule has 3 rings (SSSR count). The molecule has 1 N–H and O–H groups in total. The lowest BCUT2D eigenvalue weighted by molar-refractivity contribution is -0.122.